The number of hydrogen-bond donors (Lipinski definition) is 1. The number of ether oxygens (including phenoxy) is 3. The van der Waals surface area contributed by atoms with Gasteiger partial charge in [-0.3, -0.25) is 4.79 Å². The predicted molar refractivity (Wildman–Crippen MR) is 80.3 cm³/mol. The van der Waals surface area contributed by atoms with Gasteiger partial charge in [-0.1, -0.05) is 30.3 Å². The van der Waals surface area contributed by atoms with Crippen molar-refractivity contribution in [1.82, 2.24) is 0 Å². The smallest absolute Gasteiger partial charge is 0.251 e. The number of nitrogens with two attached hydrogens (primary N) is 1. The van der Waals surface area contributed by atoms with Crippen LogP contribution in [0.5, 0.6) is 5.75 Å². The Labute approximate surface area is 132 Å². The van der Waals surface area contributed by atoms with Gasteiger partial charge >= 0.3 is 0 Å². The Morgan fingerprint density at radius 1 is 1.22 bits per heavy atom. The molecule has 0 saturated carbocycles. The highest BCUT2D eigenvalue weighted by atomic mass is 19.1. The van der Waals surface area contributed by atoms with E-state index in [0.29, 0.717) is 18.8 Å². The van der Waals surface area contributed by atoms with Crippen molar-refractivity contribution in [1.29, 1.82) is 0 Å². The van der Waals surface area contributed by atoms with E-state index in [1.165, 1.54) is 6.07 Å². The lowest BCUT2D eigenvalue weighted by atomic mass is 10.1. The molecule has 1 saturated heterocycles. The van der Waals surface area contributed by atoms with Gasteiger partial charge in [0.05, 0.1) is 24.3 Å². The molecule has 0 spiro atoms. The normalized spacial score (nSPS) is 14.8. The van der Waals surface area contributed by atoms with Crippen LogP contribution in [-0.2, 0) is 16.1 Å². The second-order valence-electron chi connectivity index (χ2n) is 5.08. The van der Waals surface area contributed by atoms with Gasteiger partial charge in [-0.25, -0.2) is 4.39 Å². The van der Waals surface area contributed by atoms with Gasteiger partial charge in [-0.05, 0) is 11.6 Å². The Kier molecular flexibility index (Phi) is 4.55. The van der Waals surface area contributed by atoms with Gasteiger partial charge in [0.15, 0.2) is 6.29 Å². The summed E-state index contributed by atoms with van der Waals surface area (Å²) in [5.74, 6) is -1.32. The Balaban J connectivity index is 1.90. The summed E-state index contributed by atoms with van der Waals surface area (Å²) in [5.41, 5.74) is 6.37. The van der Waals surface area contributed by atoms with Crippen LogP contribution in [0, 0.1) is 5.82 Å². The first-order valence-electron chi connectivity index (χ1n) is 7.18. The molecular weight excluding hydrogens is 301 g/mol. The average Bonchev–Trinajstić information content (AvgIpc) is 3.08. The van der Waals surface area contributed by atoms with Crippen LogP contribution in [0.15, 0.2) is 42.5 Å². The summed E-state index contributed by atoms with van der Waals surface area (Å²) in [6, 6.07) is 11.9. The number of rotatable bonds is 5. The lowest BCUT2D eigenvalue weighted by Gasteiger charge is -2.17. The van der Waals surface area contributed by atoms with Crippen molar-refractivity contribution in [2.75, 3.05) is 13.2 Å². The quantitative estimate of drug-likeness (QED) is 0.920. The lowest BCUT2D eigenvalue weighted by molar-refractivity contribution is -0.0459. The molecule has 3 rings (SSSR count). The molecule has 0 unspecified atom stereocenters. The van der Waals surface area contributed by atoms with Gasteiger partial charge < -0.3 is 19.9 Å². The minimum Gasteiger partial charge on any atom is -0.488 e. The molecule has 0 aliphatic carbocycles. The van der Waals surface area contributed by atoms with Gasteiger partial charge in [0, 0.05) is 6.07 Å². The molecular formula is C17H16FNO4. The van der Waals surface area contributed by atoms with Crippen LogP contribution < -0.4 is 10.5 Å². The van der Waals surface area contributed by atoms with Gasteiger partial charge in [-0.15, -0.1) is 0 Å². The maximum atomic E-state index is 14.0. The Morgan fingerprint density at radius 2 is 1.91 bits per heavy atom. The molecule has 2 aromatic rings. The SMILES string of the molecule is NC(=O)c1cc(C2OCCO2)c(OCc2ccccc2)cc1F. The maximum absolute atomic E-state index is 14.0. The highest BCUT2D eigenvalue weighted by molar-refractivity contribution is 5.93. The molecule has 0 aromatic heterocycles. The predicted octanol–water partition coefficient (Wildman–Crippen LogP) is 2.55. The molecule has 1 fully saturated rings. The fourth-order valence-corrected chi connectivity index (χ4v) is 2.34. The molecule has 1 aliphatic rings. The van der Waals surface area contributed by atoms with Crippen LogP contribution in [0.4, 0.5) is 4.39 Å². The first-order valence-corrected chi connectivity index (χ1v) is 7.18. The third-order valence-corrected chi connectivity index (χ3v) is 3.48. The Morgan fingerprint density at radius 3 is 2.57 bits per heavy atom. The van der Waals surface area contributed by atoms with Crippen molar-refractivity contribution in [2.24, 2.45) is 5.73 Å². The summed E-state index contributed by atoms with van der Waals surface area (Å²) >= 11 is 0. The standard InChI is InChI=1S/C17H16FNO4/c18-14-9-15(23-10-11-4-2-1-3-5-11)13(8-12(14)16(19)20)17-21-6-7-22-17/h1-5,8-9,17H,6-7,10H2,(H2,19,20). The number of hydrogen-bond acceptors (Lipinski definition) is 4. The third kappa shape index (κ3) is 3.49. The van der Waals surface area contributed by atoms with E-state index in [1.54, 1.807) is 0 Å². The van der Waals surface area contributed by atoms with Crippen LogP contribution >= 0.6 is 0 Å². The Bertz CT molecular complexity index is 699. The largest absolute Gasteiger partial charge is 0.488 e. The first kappa shape index (κ1) is 15.5. The number of carbonyl (C=O) groups excluding carboxylic acids is 1. The van der Waals surface area contributed by atoms with Gasteiger partial charge in [0.25, 0.3) is 5.91 Å². The zero-order chi connectivity index (χ0) is 16.2. The van der Waals surface area contributed by atoms with Crippen LogP contribution in [0.1, 0.15) is 27.8 Å². The number of carbonyl (C=O) groups is 1. The fraction of sp³-hybridized carbons (Fsp3) is 0.235. The topological polar surface area (TPSA) is 70.8 Å². The highest BCUT2D eigenvalue weighted by Crippen LogP contribution is 2.33. The second kappa shape index (κ2) is 6.76. The van der Waals surface area contributed by atoms with Gasteiger partial charge in [0.1, 0.15) is 18.2 Å². The molecule has 1 amide bonds. The zero-order valence-electron chi connectivity index (χ0n) is 12.3. The minimum atomic E-state index is -0.851. The Hall–Kier alpha value is -2.44. The number of primary amides is 1. The van der Waals surface area contributed by atoms with E-state index in [4.69, 9.17) is 19.9 Å². The molecule has 2 N–H and O–H groups in total. The van der Waals surface area contributed by atoms with E-state index < -0.39 is 18.0 Å². The maximum Gasteiger partial charge on any atom is 0.251 e. The monoisotopic (exact) mass is 317 g/mol. The molecule has 1 heterocycles. The van der Waals surface area contributed by atoms with Crippen LogP contribution in [0.2, 0.25) is 0 Å². The molecule has 1 aliphatic heterocycles. The molecule has 0 atom stereocenters. The minimum absolute atomic E-state index is 0.217. The molecule has 120 valence electrons. The molecule has 5 nitrogen and oxygen atoms in total. The van der Waals surface area contributed by atoms with E-state index in [2.05, 4.69) is 0 Å². The first-order chi connectivity index (χ1) is 11.1. The van der Waals surface area contributed by atoms with E-state index in [0.717, 1.165) is 11.6 Å². The van der Waals surface area contributed by atoms with Crippen molar-refractivity contribution in [2.45, 2.75) is 12.9 Å². The summed E-state index contributed by atoms with van der Waals surface area (Å²) in [5, 5.41) is 0. The summed E-state index contributed by atoms with van der Waals surface area (Å²) in [7, 11) is 0. The van der Waals surface area contributed by atoms with Crippen molar-refractivity contribution < 1.29 is 23.4 Å². The molecule has 23 heavy (non-hydrogen) atoms. The second-order valence-corrected chi connectivity index (χ2v) is 5.08. The number of amides is 1. The number of benzene rings is 2. The average molecular weight is 317 g/mol. The molecule has 0 radical (unpaired) electrons. The van der Waals surface area contributed by atoms with Crippen molar-refractivity contribution in [3.63, 3.8) is 0 Å². The van der Waals surface area contributed by atoms with Crippen LogP contribution in [-0.4, -0.2) is 19.1 Å². The number of halogens is 1. The summed E-state index contributed by atoms with van der Waals surface area (Å²) in [6.45, 7) is 1.11. The summed E-state index contributed by atoms with van der Waals surface area (Å²) in [6.07, 6.45) is -0.695. The molecule has 6 heteroatoms. The summed E-state index contributed by atoms with van der Waals surface area (Å²) < 4.78 is 30.6. The molecule has 0 bridgehead atoms. The third-order valence-electron chi connectivity index (χ3n) is 3.48. The fourth-order valence-electron chi connectivity index (χ4n) is 2.34. The summed E-state index contributed by atoms with van der Waals surface area (Å²) in [4.78, 5) is 11.3. The highest BCUT2D eigenvalue weighted by Gasteiger charge is 2.25. The lowest BCUT2D eigenvalue weighted by Crippen LogP contribution is -2.15. The van der Waals surface area contributed by atoms with Crippen molar-refractivity contribution in [3.05, 3.63) is 65.0 Å². The van der Waals surface area contributed by atoms with Crippen molar-refractivity contribution >= 4 is 5.91 Å². The van der Waals surface area contributed by atoms with E-state index >= 15 is 0 Å². The van der Waals surface area contributed by atoms with Crippen LogP contribution in [0.25, 0.3) is 0 Å². The molecule has 2 aromatic carbocycles. The van der Waals surface area contributed by atoms with E-state index in [9.17, 15) is 9.18 Å². The van der Waals surface area contributed by atoms with Gasteiger partial charge in [0.2, 0.25) is 0 Å². The van der Waals surface area contributed by atoms with Crippen LogP contribution in [0.3, 0.4) is 0 Å². The van der Waals surface area contributed by atoms with E-state index in [1.807, 2.05) is 30.3 Å². The van der Waals surface area contributed by atoms with Gasteiger partial charge in [-0.2, -0.15) is 0 Å². The van der Waals surface area contributed by atoms with Crippen molar-refractivity contribution in [3.8, 4) is 5.75 Å². The zero-order valence-corrected chi connectivity index (χ0v) is 12.3. The van der Waals surface area contributed by atoms with E-state index in [-0.39, 0.29) is 17.9 Å².